The number of hydrogen-bond acceptors (Lipinski definition) is 3. The largest absolute Gasteiger partial charge is 0.406 e. The Balaban J connectivity index is 1.54. The van der Waals surface area contributed by atoms with Crippen LogP contribution in [0.25, 0.3) is 0 Å². The number of imidazole rings is 1. The van der Waals surface area contributed by atoms with Gasteiger partial charge in [-0.1, -0.05) is 0 Å². The number of aromatic nitrogens is 2. The molecule has 10 heteroatoms. The van der Waals surface area contributed by atoms with Crippen molar-refractivity contribution in [2.75, 3.05) is 20.1 Å². The Morgan fingerprint density at radius 1 is 1.17 bits per heavy atom. The fraction of sp³-hybridized carbons (Fsp3) is 0.450. The normalized spacial score (nSPS) is 15.3. The molecule has 0 N–H and O–H groups in total. The molecule has 0 spiro atoms. The molecule has 0 atom stereocenters. The van der Waals surface area contributed by atoms with Crippen molar-refractivity contribution in [3.05, 3.63) is 53.9 Å². The van der Waals surface area contributed by atoms with Gasteiger partial charge in [0.2, 0.25) is 5.91 Å². The number of alkyl halides is 3. The second kappa shape index (κ2) is 8.85. The van der Waals surface area contributed by atoms with Gasteiger partial charge in [-0.25, -0.2) is 9.37 Å². The van der Waals surface area contributed by atoms with E-state index >= 15 is 0 Å². The van der Waals surface area contributed by atoms with Crippen molar-refractivity contribution in [1.29, 1.82) is 0 Å². The van der Waals surface area contributed by atoms with Gasteiger partial charge in [-0.15, -0.1) is 0 Å². The average molecular weight is 426 g/mol. The zero-order chi connectivity index (χ0) is 21.9. The molecular formula is C20H22F4N4O2. The Morgan fingerprint density at radius 3 is 2.40 bits per heavy atom. The van der Waals surface area contributed by atoms with Gasteiger partial charge in [-0.05, 0) is 37.1 Å². The molecule has 0 aliphatic carbocycles. The Bertz CT molecular complexity index is 887. The van der Waals surface area contributed by atoms with Crippen LogP contribution in [-0.4, -0.2) is 57.5 Å². The number of carbonyl (C=O) groups is 2. The molecule has 0 radical (unpaired) electrons. The van der Waals surface area contributed by atoms with Gasteiger partial charge >= 0.3 is 6.18 Å². The summed E-state index contributed by atoms with van der Waals surface area (Å²) in [7, 11) is 1.53. The minimum Gasteiger partial charge on any atom is -0.339 e. The highest BCUT2D eigenvalue weighted by Gasteiger charge is 2.31. The van der Waals surface area contributed by atoms with Crippen LogP contribution in [0.4, 0.5) is 17.6 Å². The van der Waals surface area contributed by atoms with Crippen molar-refractivity contribution in [2.24, 2.45) is 5.92 Å². The Labute approximate surface area is 171 Å². The van der Waals surface area contributed by atoms with Crippen molar-refractivity contribution < 1.29 is 27.2 Å². The number of hydrogen-bond donors (Lipinski definition) is 0. The molecule has 30 heavy (non-hydrogen) atoms. The number of amides is 2. The number of carbonyl (C=O) groups excluding carboxylic acids is 2. The third-order valence-electron chi connectivity index (χ3n) is 5.13. The number of nitrogens with zero attached hydrogens (tertiary/aromatic N) is 4. The van der Waals surface area contributed by atoms with Gasteiger partial charge < -0.3 is 14.4 Å². The van der Waals surface area contributed by atoms with Gasteiger partial charge in [-0.3, -0.25) is 9.59 Å². The van der Waals surface area contributed by atoms with Crippen LogP contribution in [0.1, 0.15) is 29.0 Å². The fourth-order valence-electron chi connectivity index (χ4n) is 3.54. The lowest BCUT2D eigenvalue weighted by atomic mass is 9.95. The lowest BCUT2D eigenvalue weighted by Crippen LogP contribution is -2.43. The first-order valence-electron chi connectivity index (χ1n) is 9.50. The summed E-state index contributed by atoms with van der Waals surface area (Å²) >= 11 is 0. The molecule has 2 aromatic rings. The SMILES string of the molecule is CN(Cc1nccn1CC(F)(F)F)C(=O)C1CCN(C(=O)c2ccc(F)cc2)CC1. The topological polar surface area (TPSA) is 58.4 Å². The quantitative estimate of drug-likeness (QED) is 0.691. The summed E-state index contributed by atoms with van der Waals surface area (Å²) in [5.74, 6) is -0.992. The maximum atomic E-state index is 13.0. The minimum atomic E-state index is -4.37. The Kier molecular flexibility index (Phi) is 6.42. The Morgan fingerprint density at radius 2 is 1.80 bits per heavy atom. The number of benzene rings is 1. The van der Waals surface area contributed by atoms with Crippen molar-refractivity contribution in [2.45, 2.75) is 32.1 Å². The van der Waals surface area contributed by atoms with E-state index in [0.29, 0.717) is 31.5 Å². The molecule has 0 bridgehead atoms. The lowest BCUT2D eigenvalue weighted by molar-refractivity contribution is -0.141. The van der Waals surface area contributed by atoms with E-state index in [9.17, 15) is 27.2 Å². The molecule has 1 aliphatic heterocycles. The molecular weight excluding hydrogens is 404 g/mol. The van der Waals surface area contributed by atoms with E-state index < -0.39 is 18.5 Å². The maximum Gasteiger partial charge on any atom is 0.406 e. The number of halogens is 4. The minimum absolute atomic E-state index is 0.0311. The van der Waals surface area contributed by atoms with E-state index in [0.717, 1.165) is 4.57 Å². The van der Waals surface area contributed by atoms with Gasteiger partial charge in [0.05, 0.1) is 6.54 Å². The maximum absolute atomic E-state index is 13.0. The zero-order valence-electron chi connectivity index (χ0n) is 16.4. The zero-order valence-corrected chi connectivity index (χ0v) is 16.4. The fourth-order valence-corrected chi connectivity index (χ4v) is 3.54. The lowest BCUT2D eigenvalue weighted by Gasteiger charge is -2.33. The summed E-state index contributed by atoms with van der Waals surface area (Å²) in [6.07, 6.45) is -0.957. The average Bonchev–Trinajstić information content (AvgIpc) is 3.12. The number of piperidine rings is 1. The van der Waals surface area contributed by atoms with Crippen LogP contribution < -0.4 is 0 Å². The second-order valence-electron chi connectivity index (χ2n) is 7.35. The first kappa shape index (κ1) is 21.8. The van der Waals surface area contributed by atoms with Crippen LogP contribution >= 0.6 is 0 Å². The number of likely N-dealkylation sites (tertiary alicyclic amines) is 1. The highest BCUT2D eigenvalue weighted by atomic mass is 19.4. The molecule has 0 saturated carbocycles. The molecule has 162 valence electrons. The van der Waals surface area contributed by atoms with Gasteiger partial charge in [0.15, 0.2) is 0 Å². The number of rotatable bonds is 5. The molecule has 1 fully saturated rings. The first-order chi connectivity index (χ1) is 14.1. The van der Waals surface area contributed by atoms with Crippen molar-refractivity contribution in [1.82, 2.24) is 19.4 Å². The van der Waals surface area contributed by atoms with Crippen molar-refractivity contribution >= 4 is 11.8 Å². The van der Waals surface area contributed by atoms with Gasteiger partial charge in [0.1, 0.15) is 18.2 Å². The summed E-state index contributed by atoms with van der Waals surface area (Å²) in [6, 6.07) is 5.29. The van der Waals surface area contributed by atoms with Gasteiger partial charge in [0.25, 0.3) is 5.91 Å². The van der Waals surface area contributed by atoms with Crippen LogP contribution in [0, 0.1) is 11.7 Å². The first-order valence-corrected chi connectivity index (χ1v) is 9.50. The van der Waals surface area contributed by atoms with E-state index in [-0.39, 0.29) is 30.1 Å². The molecule has 1 saturated heterocycles. The van der Waals surface area contributed by atoms with Crippen molar-refractivity contribution in [3.63, 3.8) is 0 Å². The highest BCUT2D eigenvalue weighted by Crippen LogP contribution is 2.23. The molecule has 0 unspecified atom stereocenters. The standard InChI is InChI=1S/C20H22F4N4O2/c1-26(12-17-25-8-11-28(17)13-20(22,23)24)18(29)15-6-9-27(10-7-15)19(30)14-2-4-16(21)5-3-14/h2-5,8,11,15H,6-7,9-10,12-13H2,1H3. The summed E-state index contributed by atoms with van der Waals surface area (Å²) in [6.45, 7) is -0.433. The van der Waals surface area contributed by atoms with Gasteiger partial charge in [-0.2, -0.15) is 13.2 Å². The molecule has 1 aliphatic rings. The van der Waals surface area contributed by atoms with E-state index in [2.05, 4.69) is 4.98 Å². The molecule has 6 nitrogen and oxygen atoms in total. The summed E-state index contributed by atoms with van der Waals surface area (Å²) in [5.41, 5.74) is 0.384. The van der Waals surface area contributed by atoms with Crippen LogP contribution in [0.3, 0.4) is 0 Å². The van der Waals surface area contributed by atoms with Gasteiger partial charge in [0, 0.05) is 44.0 Å². The van der Waals surface area contributed by atoms with Crippen LogP contribution in [0.5, 0.6) is 0 Å². The summed E-state index contributed by atoms with van der Waals surface area (Å²) < 4.78 is 52.0. The van der Waals surface area contributed by atoms with E-state index in [1.165, 1.54) is 48.6 Å². The predicted molar refractivity (Wildman–Crippen MR) is 99.8 cm³/mol. The highest BCUT2D eigenvalue weighted by molar-refractivity contribution is 5.94. The van der Waals surface area contributed by atoms with E-state index in [1.807, 2.05) is 0 Å². The third-order valence-corrected chi connectivity index (χ3v) is 5.13. The smallest absolute Gasteiger partial charge is 0.339 e. The monoisotopic (exact) mass is 426 g/mol. The summed E-state index contributed by atoms with van der Waals surface area (Å²) in [5, 5.41) is 0. The molecule has 2 heterocycles. The molecule has 2 amide bonds. The van der Waals surface area contributed by atoms with Crippen molar-refractivity contribution in [3.8, 4) is 0 Å². The second-order valence-corrected chi connectivity index (χ2v) is 7.35. The summed E-state index contributed by atoms with van der Waals surface area (Å²) in [4.78, 5) is 32.1. The predicted octanol–water partition coefficient (Wildman–Crippen LogP) is 3.10. The van der Waals surface area contributed by atoms with E-state index in [4.69, 9.17) is 0 Å². The Hall–Kier alpha value is -2.91. The third kappa shape index (κ3) is 5.37. The molecule has 1 aromatic carbocycles. The van der Waals surface area contributed by atoms with E-state index in [1.54, 1.807) is 4.90 Å². The van der Waals surface area contributed by atoms with Crippen LogP contribution in [-0.2, 0) is 17.9 Å². The molecule has 3 rings (SSSR count). The molecule has 1 aromatic heterocycles. The van der Waals surface area contributed by atoms with Crippen LogP contribution in [0.15, 0.2) is 36.7 Å². The van der Waals surface area contributed by atoms with Crippen LogP contribution in [0.2, 0.25) is 0 Å².